The van der Waals surface area contributed by atoms with Gasteiger partial charge in [-0.3, -0.25) is 9.59 Å². The monoisotopic (exact) mass is 611 g/mol. The van der Waals surface area contributed by atoms with Crippen LogP contribution in [0.25, 0.3) is 0 Å². The summed E-state index contributed by atoms with van der Waals surface area (Å²) in [4.78, 5) is 29.7. The summed E-state index contributed by atoms with van der Waals surface area (Å²) in [6.45, 7) is 0.545. The van der Waals surface area contributed by atoms with Gasteiger partial charge in [-0.25, -0.2) is 13.1 Å². The molecule has 0 spiro atoms. The Bertz CT molecular complexity index is 1640. The van der Waals surface area contributed by atoms with Crippen molar-refractivity contribution in [2.75, 3.05) is 7.11 Å². The molecule has 228 valence electrons. The number of carbonyl (C=O) groups is 2. The van der Waals surface area contributed by atoms with Crippen LogP contribution in [0, 0.1) is 0 Å². The Morgan fingerprint density at radius 2 is 1.43 bits per heavy atom. The summed E-state index contributed by atoms with van der Waals surface area (Å²) in [7, 11) is -1.95. The minimum Gasteiger partial charge on any atom is -0.497 e. The van der Waals surface area contributed by atoms with E-state index < -0.39 is 16.1 Å². The van der Waals surface area contributed by atoms with Crippen molar-refractivity contribution in [3.05, 3.63) is 131 Å². The Kier molecular flexibility index (Phi) is 10.1. The second-order valence-electron chi connectivity index (χ2n) is 10.9. The Morgan fingerprint density at radius 3 is 2.05 bits per heavy atom. The Hall–Kier alpha value is -4.47. The van der Waals surface area contributed by atoms with Gasteiger partial charge in [-0.1, -0.05) is 84.9 Å². The van der Waals surface area contributed by atoms with E-state index in [4.69, 9.17) is 4.74 Å². The number of sulfonamides is 1. The molecule has 2 N–H and O–H groups in total. The average molecular weight is 612 g/mol. The van der Waals surface area contributed by atoms with E-state index in [0.717, 1.165) is 35.3 Å². The van der Waals surface area contributed by atoms with Crippen LogP contribution in [0.3, 0.4) is 0 Å². The molecule has 8 nitrogen and oxygen atoms in total. The molecule has 0 bridgehead atoms. The molecule has 1 saturated carbocycles. The number of hydrogen-bond donors (Lipinski definition) is 2. The summed E-state index contributed by atoms with van der Waals surface area (Å²) < 4.78 is 33.0. The number of nitrogens with one attached hydrogen (secondary N) is 2. The molecular formula is C35H37N3O5S. The molecule has 1 aliphatic carbocycles. The van der Waals surface area contributed by atoms with Gasteiger partial charge in [0.2, 0.25) is 21.8 Å². The fourth-order valence-corrected chi connectivity index (χ4v) is 6.26. The van der Waals surface area contributed by atoms with Crippen LogP contribution in [0.1, 0.15) is 47.6 Å². The number of nitrogens with zero attached hydrogens (tertiary/aromatic N) is 1. The normalized spacial score (nSPS) is 13.6. The molecule has 4 aromatic rings. The van der Waals surface area contributed by atoms with E-state index >= 15 is 0 Å². The largest absolute Gasteiger partial charge is 0.497 e. The van der Waals surface area contributed by atoms with Crippen molar-refractivity contribution < 1.29 is 22.7 Å². The second-order valence-corrected chi connectivity index (χ2v) is 12.6. The molecule has 9 heteroatoms. The first-order valence-corrected chi connectivity index (χ1v) is 16.2. The van der Waals surface area contributed by atoms with Crippen molar-refractivity contribution in [3.63, 3.8) is 0 Å². The van der Waals surface area contributed by atoms with Crippen molar-refractivity contribution in [2.24, 2.45) is 0 Å². The quantitative estimate of drug-likeness (QED) is 0.205. The van der Waals surface area contributed by atoms with Crippen molar-refractivity contribution in [3.8, 4) is 5.75 Å². The standard InChI is InChI=1S/C35H37N3O5S/c1-43-31-19-12-27(13-20-31)24-36-35(40)34(29-10-6-3-7-11-29)38(25-28-8-4-2-5-9-28)33(39)23-16-26-14-21-32(22-15-26)44(41,42)37-30-17-18-30/h2-15,19-22,30,34,37H,16-18,23-25H2,1H3,(H,36,40)/t34-/m1/s1. The van der Waals surface area contributed by atoms with Crippen LogP contribution < -0.4 is 14.8 Å². The Morgan fingerprint density at radius 1 is 0.818 bits per heavy atom. The van der Waals surface area contributed by atoms with E-state index in [9.17, 15) is 18.0 Å². The smallest absolute Gasteiger partial charge is 0.247 e. The number of rotatable bonds is 14. The van der Waals surface area contributed by atoms with Crippen LogP contribution >= 0.6 is 0 Å². The zero-order valence-corrected chi connectivity index (χ0v) is 25.5. The third kappa shape index (κ3) is 8.33. The molecule has 0 aliphatic heterocycles. The van der Waals surface area contributed by atoms with Crippen molar-refractivity contribution >= 4 is 21.8 Å². The van der Waals surface area contributed by atoms with E-state index in [-0.39, 0.29) is 35.7 Å². The lowest BCUT2D eigenvalue weighted by molar-refractivity contribution is -0.141. The van der Waals surface area contributed by atoms with Crippen LogP contribution in [0.2, 0.25) is 0 Å². The lowest BCUT2D eigenvalue weighted by Gasteiger charge is -2.32. The molecule has 1 fully saturated rings. The number of ether oxygens (including phenoxy) is 1. The molecule has 4 aromatic carbocycles. The zero-order valence-electron chi connectivity index (χ0n) is 24.7. The predicted octanol–water partition coefficient (Wildman–Crippen LogP) is 5.16. The molecule has 0 unspecified atom stereocenters. The summed E-state index contributed by atoms with van der Waals surface area (Å²) in [5, 5.41) is 3.03. The number of amides is 2. The Labute approximate surface area is 259 Å². The molecule has 0 heterocycles. The van der Waals surface area contributed by atoms with Gasteiger partial charge in [0.25, 0.3) is 0 Å². The fraction of sp³-hybridized carbons (Fsp3) is 0.257. The van der Waals surface area contributed by atoms with E-state index in [0.29, 0.717) is 18.5 Å². The number of carbonyl (C=O) groups excluding carboxylic acids is 2. The first kappa shape index (κ1) is 31.0. The number of aryl methyl sites for hydroxylation is 1. The van der Waals surface area contributed by atoms with Gasteiger partial charge < -0.3 is 15.0 Å². The molecule has 0 radical (unpaired) electrons. The van der Waals surface area contributed by atoms with Crippen molar-refractivity contribution in [1.29, 1.82) is 0 Å². The van der Waals surface area contributed by atoms with Crippen molar-refractivity contribution in [2.45, 2.75) is 55.8 Å². The van der Waals surface area contributed by atoms with Gasteiger partial charge in [-0.15, -0.1) is 0 Å². The molecule has 5 rings (SSSR count). The lowest BCUT2D eigenvalue weighted by atomic mass is 10.0. The summed E-state index contributed by atoms with van der Waals surface area (Å²) in [5.41, 5.74) is 3.36. The van der Waals surface area contributed by atoms with Gasteiger partial charge in [-0.2, -0.15) is 0 Å². The number of hydrogen-bond acceptors (Lipinski definition) is 5. The minimum absolute atomic E-state index is 0.0267. The summed E-state index contributed by atoms with van der Waals surface area (Å²) in [5.74, 6) is 0.261. The highest BCUT2D eigenvalue weighted by Crippen LogP contribution is 2.26. The van der Waals surface area contributed by atoms with Crippen LogP contribution in [-0.4, -0.2) is 38.3 Å². The maximum atomic E-state index is 14.0. The fourth-order valence-electron chi connectivity index (χ4n) is 4.96. The predicted molar refractivity (Wildman–Crippen MR) is 169 cm³/mol. The first-order valence-electron chi connectivity index (χ1n) is 14.7. The van der Waals surface area contributed by atoms with Gasteiger partial charge >= 0.3 is 0 Å². The van der Waals surface area contributed by atoms with E-state index in [2.05, 4.69) is 10.0 Å². The van der Waals surface area contributed by atoms with E-state index in [1.54, 1.807) is 36.3 Å². The van der Waals surface area contributed by atoms with Gasteiger partial charge in [-0.05, 0) is 65.8 Å². The topological polar surface area (TPSA) is 105 Å². The molecule has 2 amide bonds. The maximum Gasteiger partial charge on any atom is 0.247 e. The van der Waals surface area contributed by atoms with Crippen molar-refractivity contribution in [1.82, 2.24) is 14.9 Å². The van der Waals surface area contributed by atoms with Crippen LogP contribution in [0.15, 0.2) is 114 Å². The molecule has 0 aromatic heterocycles. The Balaban J connectivity index is 1.35. The summed E-state index contributed by atoms with van der Waals surface area (Å²) >= 11 is 0. The third-order valence-electron chi connectivity index (χ3n) is 7.58. The van der Waals surface area contributed by atoms with Gasteiger partial charge in [0.15, 0.2) is 0 Å². The molecule has 1 aliphatic rings. The summed E-state index contributed by atoms with van der Waals surface area (Å²) in [6, 6.07) is 32.2. The van der Waals surface area contributed by atoms with Gasteiger partial charge in [0.05, 0.1) is 12.0 Å². The maximum absolute atomic E-state index is 14.0. The lowest BCUT2D eigenvalue weighted by Crippen LogP contribution is -2.43. The highest BCUT2D eigenvalue weighted by atomic mass is 32.2. The van der Waals surface area contributed by atoms with E-state index in [1.807, 2.05) is 84.9 Å². The number of benzene rings is 4. The molecule has 44 heavy (non-hydrogen) atoms. The zero-order chi connectivity index (χ0) is 30.9. The van der Waals surface area contributed by atoms with Gasteiger partial charge in [0, 0.05) is 25.6 Å². The highest BCUT2D eigenvalue weighted by molar-refractivity contribution is 7.89. The third-order valence-corrected chi connectivity index (χ3v) is 9.11. The average Bonchev–Trinajstić information content (AvgIpc) is 3.87. The van der Waals surface area contributed by atoms with Crippen LogP contribution in [0.5, 0.6) is 5.75 Å². The molecule has 0 saturated heterocycles. The molecular weight excluding hydrogens is 574 g/mol. The first-order chi connectivity index (χ1) is 21.3. The molecule has 1 atom stereocenters. The van der Waals surface area contributed by atoms with Crippen LogP contribution in [-0.2, 0) is 39.1 Å². The number of methoxy groups -OCH3 is 1. The minimum atomic E-state index is -3.55. The highest BCUT2D eigenvalue weighted by Gasteiger charge is 2.31. The second kappa shape index (κ2) is 14.3. The SMILES string of the molecule is COc1ccc(CNC(=O)[C@@H](c2ccccc2)N(Cc2ccccc2)C(=O)CCc2ccc(S(=O)(=O)NC3CC3)cc2)cc1. The summed E-state index contributed by atoms with van der Waals surface area (Å²) in [6.07, 6.45) is 2.27. The van der Waals surface area contributed by atoms with Gasteiger partial charge in [0.1, 0.15) is 11.8 Å². The van der Waals surface area contributed by atoms with E-state index in [1.165, 1.54) is 0 Å². The van der Waals surface area contributed by atoms with Crippen LogP contribution in [0.4, 0.5) is 0 Å².